The van der Waals surface area contributed by atoms with Crippen LogP contribution in [-0.2, 0) is 19.4 Å². The monoisotopic (exact) mass is 312 g/mol. The van der Waals surface area contributed by atoms with Crippen LogP contribution in [0.4, 0.5) is 0 Å². The summed E-state index contributed by atoms with van der Waals surface area (Å²) in [6.45, 7) is 4.15. The summed E-state index contributed by atoms with van der Waals surface area (Å²) in [7, 11) is 0. The second kappa shape index (κ2) is 6.75. The number of primary amides is 1. The molecule has 0 atom stereocenters. The Morgan fingerprint density at radius 3 is 2.83 bits per heavy atom. The summed E-state index contributed by atoms with van der Waals surface area (Å²) in [6, 6.07) is 6.46. The van der Waals surface area contributed by atoms with Crippen LogP contribution in [0, 0.1) is 6.92 Å². The maximum absolute atomic E-state index is 11.2. The molecule has 2 heterocycles. The predicted octanol–water partition coefficient (Wildman–Crippen LogP) is 1.15. The number of amides is 1. The van der Waals surface area contributed by atoms with Gasteiger partial charge in [-0.2, -0.15) is 0 Å². The number of ether oxygens (including phenoxy) is 1. The zero-order chi connectivity index (χ0) is 16.2. The highest BCUT2D eigenvalue weighted by molar-refractivity contribution is 5.91. The van der Waals surface area contributed by atoms with Crippen LogP contribution in [-0.4, -0.2) is 29.0 Å². The van der Waals surface area contributed by atoms with E-state index in [0.29, 0.717) is 18.2 Å². The van der Waals surface area contributed by atoms with Crippen LogP contribution in [0.2, 0.25) is 0 Å². The van der Waals surface area contributed by atoms with Crippen molar-refractivity contribution >= 4 is 5.91 Å². The molecule has 0 saturated heterocycles. The molecule has 0 aliphatic carbocycles. The van der Waals surface area contributed by atoms with E-state index >= 15 is 0 Å². The summed E-state index contributed by atoms with van der Waals surface area (Å²) in [5.41, 5.74) is 9.75. The highest BCUT2D eigenvalue weighted by Crippen LogP contribution is 2.17. The van der Waals surface area contributed by atoms with Crippen LogP contribution in [0.15, 0.2) is 24.4 Å². The Bertz CT molecular complexity index is 731. The van der Waals surface area contributed by atoms with Gasteiger partial charge in [-0.3, -0.25) is 4.79 Å². The molecule has 0 saturated carbocycles. The van der Waals surface area contributed by atoms with Crippen molar-refractivity contribution in [1.29, 1.82) is 0 Å². The van der Waals surface area contributed by atoms with Crippen LogP contribution in [0.5, 0.6) is 5.88 Å². The lowest BCUT2D eigenvalue weighted by molar-refractivity contribution is 0.0994. The normalized spacial score (nSPS) is 14.0. The van der Waals surface area contributed by atoms with Gasteiger partial charge in [0.2, 0.25) is 5.88 Å². The first-order valence-corrected chi connectivity index (χ1v) is 7.71. The zero-order valence-corrected chi connectivity index (χ0v) is 13.1. The molecule has 3 N–H and O–H groups in total. The summed E-state index contributed by atoms with van der Waals surface area (Å²) in [5.74, 6) is -0.190. The van der Waals surface area contributed by atoms with Gasteiger partial charge in [0.05, 0.1) is 11.9 Å². The van der Waals surface area contributed by atoms with Gasteiger partial charge in [-0.1, -0.05) is 18.2 Å². The van der Waals surface area contributed by atoms with Crippen molar-refractivity contribution < 1.29 is 9.53 Å². The van der Waals surface area contributed by atoms with E-state index in [4.69, 9.17) is 10.5 Å². The summed E-state index contributed by atoms with van der Waals surface area (Å²) in [4.78, 5) is 19.4. The van der Waals surface area contributed by atoms with Crippen molar-refractivity contribution in [2.45, 2.75) is 26.4 Å². The van der Waals surface area contributed by atoms with E-state index in [2.05, 4.69) is 33.5 Å². The van der Waals surface area contributed by atoms with Gasteiger partial charge in [0.15, 0.2) is 0 Å². The first-order chi connectivity index (χ1) is 11.1. The van der Waals surface area contributed by atoms with Gasteiger partial charge in [0.1, 0.15) is 12.3 Å². The number of nitrogens with one attached hydrogen (secondary N) is 1. The number of rotatable bonds is 4. The SMILES string of the molecule is Cc1nc(OCc2ccc3c(c2)CCNCC3)cnc1C(N)=O. The zero-order valence-electron chi connectivity index (χ0n) is 13.1. The fraction of sp³-hybridized carbons (Fsp3) is 0.353. The van der Waals surface area contributed by atoms with Crippen LogP contribution in [0.25, 0.3) is 0 Å². The Labute approximate surface area is 135 Å². The molecule has 6 heteroatoms. The second-order valence-corrected chi connectivity index (χ2v) is 5.65. The molecule has 0 radical (unpaired) electrons. The first kappa shape index (κ1) is 15.4. The molecule has 23 heavy (non-hydrogen) atoms. The summed E-state index contributed by atoms with van der Waals surface area (Å²) < 4.78 is 5.69. The molecule has 1 aromatic heterocycles. The van der Waals surface area contributed by atoms with Gasteiger partial charge in [0.25, 0.3) is 5.91 Å². The Balaban J connectivity index is 1.70. The summed E-state index contributed by atoms with van der Waals surface area (Å²) in [5, 5.41) is 3.40. The van der Waals surface area contributed by atoms with Gasteiger partial charge in [0, 0.05) is 0 Å². The molecule has 120 valence electrons. The number of nitrogens with zero attached hydrogens (tertiary/aromatic N) is 2. The first-order valence-electron chi connectivity index (χ1n) is 7.71. The lowest BCUT2D eigenvalue weighted by Crippen LogP contribution is -2.16. The summed E-state index contributed by atoms with van der Waals surface area (Å²) >= 11 is 0. The fourth-order valence-corrected chi connectivity index (χ4v) is 2.75. The second-order valence-electron chi connectivity index (χ2n) is 5.65. The average molecular weight is 312 g/mol. The number of hydrogen-bond donors (Lipinski definition) is 2. The number of carbonyl (C=O) groups excluding carboxylic acids is 1. The molecule has 1 aromatic carbocycles. The minimum Gasteiger partial charge on any atom is -0.472 e. The highest BCUT2D eigenvalue weighted by Gasteiger charge is 2.11. The molecule has 1 amide bonds. The number of nitrogens with two attached hydrogens (primary N) is 1. The highest BCUT2D eigenvalue weighted by atomic mass is 16.5. The van der Waals surface area contributed by atoms with E-state index in [1.54, 1.807) is 6.92 Å². The largest absolute Gasteiger partial charge is 0.472 e. The maximum Gasteiger partial charge on any atom is 0.269 e. The Morgan fingerprint density at radius 1 is 1.30 bits per heavy atom. The van der Waals surface area contributed by atoms with Gasteiger partial charge in [-0.15, -0.1) is 0 Å². The molecule has 0 fully saturated rings. The smallest absolute Gasteiger partial charge is 0.269 e. The number of aromatic nitrogens is 2. The molecule has 0 bridgehead atoms. The molecule has 1 aliphatic rings. The minimum absolute atomic E-state index is 0.176. The van der Waals surface area contributed by atoms with Gasteiger partial charge < -0.3 is 15.8 Å². The van der Waals surface area contributed by atoms with E-state index in [9.17, 15) is 4.79 Å². The molecule has 6 nitrogen and oxygen atoms in total. The molecule has 2 aromatic rings. The van der Waals surface area contributed by atoms with Crippen LogP contribution in [0.1, 0.15) is 32.9 Å². The van der Waals surface area contributed by atoms with E-state index in [-0.39, 0.29) is 5.69 Å². The van der Waals surface area contributed by atoms with Gasteiger partial charge in [-0.25, -0.2) is 9.97 Å². The third-order valence-corrected chi connectivity index (χ3v) is 3.96. The Morgan fingerprint density at radius 2 is 2.09 bits per heavy atom. The van der Waals surface area contributed by atoms with Gasteiger partial charge in [-0.05, 0) is 49.5 Å². The lowest BCUT2D eigenvalue weighted by atomic mass is 10.0. The van der Waals surface area contributed by atoms with Crippen molar-refractivity contribution in [3.8, 4) is 5.88 Å². The minimum atomic E-state index is -0.582. The lowest BCUT2D eigenvalue weighted by Gasteiger charge is -2.10. The van der Waals surface area contributed by atoms with Crippen molar-refractivity contribution in [3.05, 3.63) is 52.5 Å². The number of benzene rings is 1. The molecule has 0 unspecified atom stereocenters. The Hall–Kier alpha value is -2.47. The average Bonchev–Trinajstić information content (AvgIpc) is 2.77. The molecule has 1 aliphatic heterocycles. The molecule has 0 spiro atoms. The number of carbonyl (C=O) groups is 1. The fourth-order valence-electron chi connectivity index (χ4n) is 2.75. The van der Waals surface area contributed by atoms with E-state index in [1.165, 1.54) is 17.3 Å². The number of fused-ring (bicyclic) bond motifs is 1. The third kappa shape index (κ3) is 3.65. The van der Waals surface area contributed by atoms with Crippen LogP contribution >= 0.6 is 0 Å². The third-order valence-electron chi connectivity index (χ3n) is 3.96. The predicted molar refractivity (Wildman–Crippen MR) is 86.3 cm³/mol. The van der Waals surface area contributed by atoms with Crippen molar-refractivity contribution in [1.82, 2.24) is 15.3 Å². The topological polar surface area (TPSA) is 90.1 Å². The van der Waals surface area contributed by atoms with E-state index in [1.807, 2.05) is 0 Å². The van der Waals surface area contributed by atoms with Gasteiger partial charge >= 0.3 is 0 Å². The van der Waals surface area contributed by atoms with Crippen molar-refractivity contribution in [2.75, 3.05) is 13.1 Å². The Kier molecular flexibility index (Phi) is 4.52. The van der Waals surface area contributed by atoms with E-state index in [0.717, 1.165) is 31.5 Å². The molecular weight excluding hydrogens is 292 g/mol. The molecule has 3 rings (SSSR count). The van der Waals surface area contributed by atoms with Crippen molar-refractivity contribution in [2.24, 2.45) is 5.73 Å². The number of hydrogen-bond acceptors (Lipinski definition) is 5. The van der Waals surface area contributed by atoms with E-state index < -0.39 is 5.91 Å². The van der Waals surface area contributed by atoms with Crippen molar-refractivity contribution in [3.63, 3.8) is 0 Å². The summed E-state index contributed by atoms with van der Waals surface area (Å²) in [6.07, 6.45) is 3.53. The maximum atomic E-state index is 11.2. The van der Waals surface area contributed by atoms with Crippen LogP contribution < -0.4 is 15.8 Å². The van der Waals surface area contributed by atoms with Crippen LogP contribution in [0.3, 0.4) is 0 Å². The molecular formula is C17H20N4O2. The quantitative estimate of drug-likeness (QED) is 0.884. The number of aryl methyl sites for hydroxylation is 1. The standard InChI is InChI=1S/C17H20N4O2/c1-11-16(17(18)22)20-9-15(21-11)23-10-12-2-3-13-4-6-19-7-5-14(13)8-12/h2-3,8-9,19H,4-7,10H2,1H3,(H2,18,22).